The highest BCUT2D eigenvalue weighted by Crippen LogP contribution is 2.67. The zero-order chi connectivity index (χ0) is 22.6. The van der Waals surface area contributed by atoms with E-state index in [1.165, 1.54) is 13.8 Å². The smallest absolute Gasteiger partial charge is 0.302 e. The summed E-state index contributed by atoms with van der Waals surface area (Å²) in [4.78, 5) is 36.1. The topological polar surface area (TPSA) is 89.9 Å². The first-order valence-corrected chi connectivity index (χ1v) is 12.1. The van der Waals surface area contributed by atoms with Gasteiger partial charge in [-0.15, -0.1) is 0 Å². The molecule has 0 radical (unpaired) electrons. The number of Topliss-reactive ketones (excluding diaryl/α,β-unsaturated/α-hetero) is 1. The number of aliphatic hydroxyl groups excluding tert-OH is 1. The third-order valence-corrected chi connectivity index (χ3v) is 9.80. The van der Waals surface area contributed by atoms with Gasteiger partial charge in [-0.3, -0.25) is 14.4 Å². The second kappa shape index (κ2) is 8.17. The molecule has 0 bridgehead atoms. The first-order chi connectivity index (χ1) is 14.6. The van der Waals surface area contributed by atoms with Crippen LogP contribution in [0, 0.1) is 40.4 Å². The van der Waals surface area contributed by atoms with Gasteiger partial charge in [0.25, 0.3) is 0 Å². The third-order valence-electron chi connectivity index (χ3n) is 9.80. The van der Waals surface area contributed by atoms with Crippen molar-refractivity contribution in [3.63, 3.8) is 0 Å². The molecule has 0 spiro atoms. The molecule has 0 saturated heterocycles. The van der Waals surface area contributed by atoms with Crippen LogP contribution in [0.4, 0.5) is 0 Å². The van der Waals surface area contributed by atoms with Crippen LogP contribution in [-0.2, 0) is 23.9 Å². The van der Waals surface area contributed by atoms with E-state index in [9.17, 15) is 19.5 Å². The molecule has 31 heavy (non-hydrogen) atoms. The van der Waals surface area contributed by atoms with Gasteiger partial charge in [-0.05, 0) is 80.0 Å². The molecule has 4 fully saturated rings. The highest BCUT2D eigenvalue weighted by Gasteiger charge is 2.63. The van der Waals surface area contributed by atoms with Gasteiger partial charge < -0.3 is 14.6 Å². The predicted octanol–water partition coefficient (Wildman–Crippen LogP) is 3.68. The van der Waals surface area contributed by atoms with Crippen molar-refractivity contribution in [2.24, 2.45) is 40.4 Å². The summed E-state index contributed by atoms with van der Waals surface area (Å²) in [7, 11) is 0. The molecule has 0 aromatic carbocycles. The molecule has 4 aliphatic rings. The van der Waals surface area contributed by atoms with Gasteiger partial charge in [0.15, 0.2) is 5.78 Å². The molecule has 0 unspecified atom stereocenters. The van der Waals surface area contributed by atoms with Crippen LogP contribution in [-0.4, -0.2) is 41.6 Å². The minimum absolute atomic E-state index is 0.0122. The van der Waals surface area contributed by atoms with Crippen molar-refractivity contribution in [1.29, 1.82) is 0 Å². The molecule has 0 aliphatic heterocycles. The minimum atomic E-state index is -0.367. The molecule has 4 rings (SSSR count). The zero-order valence-corrected chi connectivity index (χ0v) is 19.4. The summed E-state index contributed by atoms with van der Waals surface area (Å²) in [5.74, 6) is 1.01. The van der Waals surface area contributed by atoms with E-state index >= 15 is 0 Å². The summed E-state index contributed by atoms with van der Waals surface area (Å²) in [6, 6.07) is 0. The Morgan fingerprint density at radius 1 is 0.839 bits per heavy atom. The van der Waals surface area contributed by atoms with Gasteiger partial charge in [0.05, 0.1) is 0 Å². The summed E-state index contributed by atoms with van der Waals surface area (Å²) < 4.78 is 11.5. The van der Waals surface area contributed by atoms with E-state index < -0.39 is 0 Å². The van der Waals surface area contributed by atoms with Gasteiger partial charge >= 0.3 is 11.9 Å². The Hall–Kier alpha value is -1.43. The second-order valence-corrected chi connectivity index (χ2v) is 11.2. The first kappa shape index (κ1) is 22.8. The SMILES string of the molecule is CC(=O)O[C@@H]1CC[C@]2(C)[C@H]3CC[C@]4(C)[C@@H](C(=O)CO)CC[C@H]4[C@@H]3C[C@H](OC(C)=O)[C@@H]2C1. The Kier molecular flexibility index (Phi) is 5.99. The molecule has 6 heteroatoms. The van der Waals surface area contributed by atoms with Crippen LogP contribution < -0.4 is 0 Å². The lowest BCUT2D eigenvalue weighted by molar-refractivity contribution is -0.196. The Balaban J connectivity index is 1.63. The summed E-state index contributed by atoms with van der Waals surface area (Å²) in [5.41, 5.74) is -0.0278. The lowest BCUT2D eigenvalue weighted by atomic mass is 9.44. The molecule has 0 amide bonds. The molecule has 4 saturated carbocycles. The van der Waals surface area contributed by atoms with Crippen LogP contribution >= 0.6 is 0 Å². The summed E-state index contributed by atoms with van der Waals surface area (Å²) in [5, 5.41) is 9.51. The molecule has 1 N–H and O–H groups in total. The molecule has 9 atom stereocenters. The van der Waals surface area contributed by atoms with Crippen LogP contribution in [0.1, 0.15) is 79.1 Å². The Morgan fingerprint density at radius 2 is 1.48 bits per heavy atom. The van der Waals surface area contributed by atoms with Gasteiger partial charge in [-0.25, -0.2) is 0 Å². The molecular weight excluding hydrogens is 396 g/mol. The minimum Gasteiger partial charge on any atom is -0.463 e. The van der Waals surface area contributed by atoms with E-state index in [0.29, 0.717) is 17.8 Å². The fourth-order valence-electron chi connectivity index (χ4n) is 8.56. The van der Waals surface area contributed by atoms with E-state index in [1.54, 1.807) is 0 Å². The highest BCUT2D eigenvalue weighted by atomic mass is 16.5. The molecule has 0 aromatic rings. The van der Waals surface area contributed by atoms with Crippen LogP contribution in [0.3, 0.4) is 0 Å². The van der Waals surface area contributed by atoms with Crippen molar-refractivity contribution in [1.82, 2.24) is 0 Å². The zero-order valence-electron chi connectivity index (χ0n) is 19.4. The second-order valence-electron chi connectivity index (χ2n) is 11.2. The molecule has 4 aliphatic carbocycles. The average Bonchev–Trinajstić information content (AvgIpc) is 3.05. The van der Waals surface area contributed by atoms with Gasteiger partial charge in [-0.2, -0.15) is 0 Å². The monoisotopic (exact) mass is 434 g/mol. The number of rotatable bonds is 4. The summed E-state index contributed by atoms with van der Waals surface area (Å²) in [6.45, 7) is 7.19. The normalized spacial score (nSPS) is 46.3. The Bertz CT molecular complexity index is 748. The number of carbonyl (C=O) groups is 3. The molecule has 6 nitrogen and oxygen atoms in total. The molecule has 174 valence electrons. The third kappa shape index (κ3) is 3.73. The fourth-order valence-corrected chi connectivity index (χ4v) is 8.56. The van der Waals surface area contributed by atoms with Crippen LogP contribution in [0.25, 0.3) is 0 Å². The number of ether oxygens (including phenoxy) is 2. The largest absolute Gasteiger partial charge is 0.463 e. The molecule has 0 aromatic heterocycles. The highest BCUT2D eigenvalue weighted by molar-refractivity contribution is 5.83. The van der Waals surface area contributed by atoms with Gasteiger partial charge in [0.2, 0.25) is 0 Å². The van der Waals surface area contributed by atoms with Crippen LogP contribution in [0.5, 0.6) is 0 Å². The number of esters is 2. The fraction of sp³-hybridized carbons (Fsp3) is 0.880. The van der Waals surface area contributed by atoms with Gasteiger partial charge in [0.1, 0.15) is 18.8 Å². The number of ketones is 1. The standard InChI is InChI=1S/C25H38O6/c1-14(27)30-16-7-9-25(4)19-8-10-24(3)18(5-6-20(24)22(29)13-26)17(19)12-23(21(25)11-16)31-15(2)28/h16-21,23,26H,5-13H2,1-4H3/t16-,17+,18+,19+,20-,21+,23+,24+,25-/m1/s1. The van der Waals surface area contributed by atoms with E-state index in [2.05, 4.69) is 13.8 Å². The molecular formula is C25H38O6. The maximum absolute atomic E-state index is 12.5. The maximum atomic E-state index is 12.5. The summed E-state index contributed by atoms with van der Waals surface area (Å²) in [6.07, 6.45) is 7.10. The van der Waals surface area contributed by atoms with Crippen molar-refractivity contribution < 1.29 is 29.0 Å². The van der Waals surface area contributed by atoms with Gasteiger partial charge in [-0.1, -0.05) is 13.8 Å². The predicted molar refractivity (Wildman–Crippen MR) is 114 cm³/mol. The Labute approximate surface area is 185 Å². The van der Waals surface area contributed by atoms with Crippen LogP contribution in [0.2, 0.25) is 0 Å². The van der Waals surface area contributed by atoms with Crippen molar-refractivity contribution in [2.75, 3.05) is 6.61 Å². The first-order valence-electron chi connectivity index (χ1n) is 12.1. The van der Waals surface area contributed by atoms with Crippen molar-refractivity contribution in [3.8, 4) is 0 Å². The molecule has 0 heterocycles. The van der Waals surface area contributed by atoms with E-state index in [0.717, 1.165) is 51.4 Å². The number of hydrogen-bond acceptors (Lipinski definition) is 6. The van der Waals surface area contributed by atoms with E-state index in [-0.39, 0.29) is 59.2 Å². The van der Waals surface area contributed by atoms with E-state index in [4.69, 9.17) is 9.47 Å². The Morgan fingerprint density at radius 3 is 2.13 bits per heavy atom. The van der Waals surface area contributed by atoms with Crippen LogP contribution in [0.15, 0.2) is 0 Å². The number of hydrogen-bond donors (Lipinski definition) is 1. The van der Waals surface area contributed by atoms with Crippen molar-refractivity contribution in [3.05, 3.63) is 0 Å². The van der Waals surface area contributed by atoms with Crippen molar-refractivity contribution in [2.45, 2.75) is 91.3 Å². The lowest BCUT2D eigenvalue weighted by Gasteiger charge is -2.62. The number of carbonyl (C=O) groups excluding carboxylic acids is 3. The number of aliphatic hydroxyl groups is 1. The average molecular weight is 435 g/mol. The quantitative estimate of drug-likeness (QED) is 0.679. The lowest BCUT2D eigenvalue weighted by Crippen LogP contribution is -2.59. The van der Waals surface area contributed by atoms with Gasteiger partial charge in [0, 0.05) is 25.7 Å². The maximum Gasteiger partial charge on any atom is 0.302 e. The summed E-state index contributed by atoms with van der Waals surface area (Å²) >= 11 is 0. The van der Waals surface area contributed by atoms with E-state index in [1.807, 2.05) is 0 Å². The van der Waals surface area contributed by atoms with Crippen molar-refractivity contribution >= 4 is 17.7 Å². The number of fused-ring (bicyclic) bond motifs is 5.